The van der Waals surface area contributed by atoms with Crippen LogP contribution in [-0.2, 0) is 29.5 Å². The van der Waals surface area contributed by atoms with E-state index in [1.807, 2.05) is 30.3 Å². The predicted molar refractivity (Wildman–Crippen MR) is 101 cm³/mol. The second-order valence-electron chi connectivity index (χ2n) is 7.02. The van der Waals surface area contributed by atoms with Crippen molar-refractivity contribution in [1.82, 2.24) is 13.9 Å². The lowest BCUT2D eigenvalue weighted by Crippen LogP contribution is -2.32. The van der Waals surface area contributed by atoms with Crippen LogP contribution >= 0.6 is 0 Å². The lowest BCUT2D eigenvalue weighted by molar-refractivity contribution is 0.567. The first-order valence-corrected chi connectivity index (χ1v) is 10.0. The Morgan fingerprint density at radius 3 is 2.31 bits per heavy atom. The Balaban J connectivity index is 1.62. The molecule has 3 aromatic rings. The number of fused-ring (bicyclic) bond motifs is 1. The highest BCUT2D eigenvalue weighted by Crippen LogP contribution is 2.47. The quantitative estimate of drug-likeness (QED) is 0.744. The Morgan fingerprint density at radius 1 is 1.00 bits per heavy atom. The lowest BCUT2D eigenvalue weighted by atomic mass is 9.96. The minimum absolute atomic E-state index is 0.0992. The molecule has 0 spiro atoms. The lowest BCUT2D eigenvalue weighted by Gasteiger charge is -2.17. The van der Waals surface area contributed by atoms with Crippen LogP contribution in [0, 0.1) is 0 Å². The molecule has 1 N–H and O–H groups in total. The molecule has 4 rings (SSSR count). The van der Waals surface area contributed by atoms with Crippen LogP contribution in [0.15, 0.2) is 58.2 Å². The van der Waals surface area contributed by atoms with E-state index in [9.17, 15) is 13.2 Å². The van der Waals surface area contributed by atoms with Crippen molar-refractivity contribution in [1.29, 1.82) is 0 Å². The fourth-order valence-electron chi connectivity index (χ4n) is 3.48. The molecule has 1 aliphatic carbocycles. The minimum atomic E-state index is -3.65. The SMILES string of the molecule is Cn1c(=O)n(C)c2cc(S(=O)(=O)NCC3(c4ccccc4)CC3)ccc21. The number of nitrogens with zero attached hydrogens (tertiary/aromatic N) is 2. The summed E-state index contributed by atoms with van der Waals surface area (Å²) in [6.07, 6.45) is 1.96. The van der Waals surface area contributed by atoms with E-state index in [0.29, 0.717) is 17.6 Å². The van der Waals surface area contributed by atoms with Gasteiger partial charge in [0.25, 0.3) is 0 Å². The maximum atomic E-state index is 12.8. The van der Waals surface area contributed by atoms with Gasteiger partial charge < -0.3 is 0 Å². The molecule has 6 nitrogen and oxygen atoms in total. The van der Waals surface area contributed by atoms with E-state index >= 15 is 0 Å². The predicted octanol–water partition coefficient (Wildman–Crippen LogP) is 1.89. The van der Waals surface area contributed by atoms with Gasteiger partial charge in [-0.25, -0.2) is 17.9 Å². The van der Waals surface area contributed by atoms with Gasteiger partial charge in [-0.1, -0.05) is 30.3 Å². The van der Waals surface area contributed by atoms with Gasteiger partial charge in [-0.2, -0.15) is 0 Å². The molecule has 1 saturated carbocycles. The molecule has 26 heavy (non-hydrogen) atoms. The van der Waals surface area contributed by atoms with Gasteiger partial charge in [0.05, 0.1) is 15.9 Å². The summed E-state index contributed by atoms with van der Waals surface area (Å²) < 4.78 is 31.3. The van der Waals surface area contributed by atoms with Crippen LogP contribution in [-0.4, -0.2) is 24.1 Å². The average molecular weight is 371 g/mol. The van der Waals surface area contributed by atoms with Crippen molar-refractivity contribution in [2.24, 2.45) is 14.1 Å². The Labute approximate surface area is 152 Å². The number of rotatable bonds is 5. The van der Waals surface area contributed by atoms with E-state index < -0.39 is 10.0 Å². The van der Waals surface area contributed by atoms with Gasteiger partial charge in [0.2, 0.25) is 10.0 Å². The van der Waals surface area contributed by atoms with Crippen LogP contribution in [0.5, 0.6) is 0 Å². The molecule has 1 aromatic heterocycles. The Kier molecular flexibility index (Phi) is 3.82. The topological polar surface area (TPSA) is 73.1 Å². The number of hydrogen-bond acceptors (Lipinski definition) is 3. The average Bonchev–Trinajstić information content (AvgIpc) is 3.42. The van der Waals surface area contributed by atoms with E-state index in [-0.39, 0.29) is 16.0 Å². The molecule has 2 aromatic carbocycles. The molecular formula is C19H21N3O3S. The summed E-state index contributed by atoms with van der Waals surface area (Å²) in [6, 6.07) is 14.8. The second-order valence-corrected chi connectivity index (χ2v) is 8.79. The summed E-state index contributed by atoms with van der Waals surface area (Å²) in [7, 11) is -0.332. The van der Waals surface area contributed by atoms with Gasteiger partial charge >= 0.3 is 5.69 Å². The van der Waals surface area contributed by atoms with Crippen molar-refractivity contribution in [3.05, 3.63) is 64.6 Å². The van der Waals surface area contributed by atoms with Gasteiger partial charge in [-0.05, 0) is 36.6 Å². The van der Waals surface area contributed by atoms with Crippen LogP contribution in [0.2, 0.25) is 0 Å². The summed E-state index contributed by atoms with van der Waals surface area (Å²) in [4.78, 5) is 12.2. The molecule has 1 fully saturated rings. The summed E-state index contributed by atoms with van der Waals surface area (Å²) in [5, 5.41) is 0. The maximum Gasteiger partial charge on any atom is 0.328 e. The third-order valence-electron chi connectivity index (χ3n) is 5.39. The van der Waals surface area contributed by atoms with Gasteiger partial charge in [0, 0.05) is 26.1 Å². The van der Waals surface area contributed by atoms with Crippen LogP contribution in [0.25, 0.3) is 11.0 Å². The molecule has 0 bridgehead atoms. The van der Waals surface area contributed by atoms with Crippen LogP contribution in [0.4, 0.5) is 0 Å². The van der Waals surface area contributed by atoms with Crippen molar-refractivity contribution in [3.63, 3.8) is 0 Å². The van der Waals surface area contributed by atoms with Crippen LogP contribution in [0.1, 0.15) is 18.4 Å². The first-order valence-electron chi connectivity index (χ1n) is 8.55. The van der Waals surface area contributed by atoms with Crippen molar-refractivity contribution in [3.8, 4) is 0 Å². The summed E-state index contributed by atoms with van der Waals surface area (Å²) >= 11 is 0. The molecule has 0 radical (unpaired) electrons. The molecule has 7 heteroatoms. The molecule has 0 amide bonds. The molecule has 0 aliphatic heterocycles. The zero-order valence-corrected chi connectivity index (χ0v) is 15.6. The zero-order valence-electron chi connectivity index (χ0n) is 14.8. The summed E-state index contributed by atoms with van der Waals surface area (Å²) in [5.74, 6) is 0. The normalized spacial score (nSPS) is 16.1. The van der Waals surface area contributed by atoms with E-state index in [4.69, 9.17) is 0 Å². The minimum Gasteiger partial charge on any atom is -0.295 e. The fourth-order valence-corrected chi connectivity index (χ4v) is 4.63. The number of benzene rings is 2. The van der Waals surface area contributed by atoms with E-state index in [1.54, 1.807) is 32.3 Å². The monoisotopic (exact) mass is 371 g/mol. The Morgan fingerprint density at radius 2 is 1.65 bits per heavy atom. The number of hydrogen-bond donors (Lipinski definition) is 1. The summed E-state index contributed by atoms with van der Waals surface area (Å²) in [6.45, 7) is 0.380. The van der Waals surface area contributed by atoms with Gasteiger partial charge in [0.1, 0.15) is 0 Å². The third kappa shape index (κ3) is 2.68. The number of aromatic nitrogens is 2. The van der Waals surface area contributed by atoms with E-state index in [0.717, 1.165) is 12.8 Å². The van der Waals surface area contributed by atoms with E-state index in [1.165, 1.54) is 14.7 Å². The highest BCUT2D eigenvalue weighted by molar-refractivity contribution is 7.89. The number of aryl methyl sites for hydroxylation is 2. The zero-order chi connectivity index (χ0) is 18.5. The number of sulfonamides is 1. The first kappa shape index (κ1) is 17.1. The van der Waals surface area contributed by atoms with Crippen LogP contribution < -0.4 is 10.4 Å². The van der Waals surface area contributed by atoms with Gasteiger partial charge in [-0.15, -0.1) is 0 Å². The largest absolute Gasteiger partial charge is 0.328 e. The molecule has 1 aliphatic rings. The first-order chi connectivity index (χ1) is 12.3. The highest BCUT2D eigenvalue weighted by atomic mass is 32.2. The smallest absolute Gasteiger partial charge is 0.295 e. The summed E-state index contributed by atoms with van der Waals surface area (Å²) in [5.41, 5.74) is 2.20. The third-order valence-corrected chi connectivity index (χ3v) is 6.79. The fraction of sp³-hybridized carbons (Fsp3) is 0.316. The number of imidazole rings is 1. The van der Waals surface area contributed by atoms with Crippen LogP contribution in [0.3, 0.4) is 0 Å². The standard InChI is InChI=1S/C19H21N3O3S/c1-21-16-9-8-15(12-17(16)22(2)18(21)23)26(24,25)20-13-19(10-11-19)14-6-4-3-5-7-14/h3-9,12,20H,10-11,13H2,1-2H3. The molecular weight excluding hydrogens is 350 g/mol. The van der Waals surface area contributed by atoms with Crippen molar-refractivity contribution >= 4 is 21.1 Å². The molecule has 1 heterocycles. The Bertz CT molecular complexity index is 1140. The van der Waals surface area contributed by atoms with Gasteiger partial charge in [-0.3, -0.25) is 9.13 Å². The maximum absolute atomic E-state index is 12.8. The number of nitrogens with one attached hydrogen (secondary N) is 1. The molecule has 136 valence electrons. The van der Waals surface area contributed by atoms with Crippen molar-refractivity contribution in [2.45, 2.75) is 23.2 Å². The van der Waals surface area contributed by atoms with Gasteiger partial charge in [0.15, 0.2) is 0 Å². The second kappa shape index (κ2) is 5.82. The van der Waals surface area contributed by atoms with E-state index in [2.05, 4.69) is 4.72 Å². The van der Waals surface area contributed by atoms with Crippen molar-refractivity contribution in [2.75, 3.05) is 6.54 Å². The molecule has 0 unspecified atom stereocenters. The molecule has 0 saturated heterocycles. The highest BCUT2D eigenvalue weighted by Gasteiger charge is 2.44. The van der Waals surface area contributed by atoms with Crippen molar-refractivity contribution < 1.29 is 8.42 Å². The molecule has 0 atom stereocenters. The Hall–Kier alpha value is -2.38.